The highest BCUT2D eigenvalue weighted by Crippen LogP contribution is 2.29. The molecule has 3 heterocycles. The van der Waals surface area contributed by atoms with E-state index in [-0.39, 0.29) is 17.4 Å². The van der Waals surface area contributed by atoms with Gasteiger partial charge >= 0.3 is 5.56 Å². The molecule has 2 N–H and O–H groups in total. The third-order valence-corrected chi connectivity index (χ3v) is 6.60. The van der Waals surface area contributed by atoms with Crippen LogP contribution in [0, 0.1) is 5.82 Å². The number of nitrogens with one attached hydrogen (secondary N) is 1. The van der Waals surface area contributed by atoms with E-state index in [2.05, 4.69) is 49.9 Å². The number of fused-ring (bicyclic) bond motifs is 3. The fourth-order valence-corrected chi connectivity index (χ4v) is 4.50. The number of pyridine rings is 2. The fourth-order valence-electron chi connectivity index (χ4n) is 4.23. The highest BCUT2D eigenvalue weighted by molar-refractivity contribution is 9.10. The molecule has 5 rings (SSSR count). The zero-order chi connectivity index (χ0) is 23.8. The maximum atomic E-state index is 13.4. The summed E-state index contributed by atoms with van der Waals surface area (Å²) in [5, 5.41) is 15.0. The molecule has 1 atom stereocenters. The van der Waals surface area contributed by atoms with E-state index in [9.17, 15) is 14.4 Å². The summed E-state index contributed by atoms with van der Waals surface area (Å²) in [6, 6.07) is 16.4. The third kappa shape index (κ3) is 4.22. The van der Waals surface area contributed by atoms with Crippen LogP contribution in [0.3, 0.4) is 0 Å². The normalized spacial score (nSPS) is 12.4. The second-order valence-electron chi connectivity index (χ2n) is 8.31. The monoisotopic (exact) mass is 520 g/mol. The molecule has 0 radical (unpaired) electrons. The van der Waals surface area contributed by atoms with E-state index in [1.165, 1.54) is 18.3 Å². The Kier molecular flexibility index (Phi) is 5.93. The van der Waals surface area contributed by atoms with Crippen LogP contribution in [0.5, 0.6) is 0 Å². The second-order valence-corrected chi connectivity index (χ2v) is 9.22. The molecular formula is C26H22BrFN4O2. The molecule has 0 aliphatic carbocycles. The van der Waals surface area contributed by atoms with Crippen molar-refractivity contribution in [2.24, 2.45) is 0 Å². The summed E-state index contributed by atoms with van der Waals surface area (Å²) in [5.74, 6) is -0.277. The molecule has 8 heteroatoms. The number of hydrogen-bond acceptors (Lipinski definition) is 4. The van der Waals surface area contributed by atoms with Gasteiger partial charge in [0.25, 0.3) is 0 Å². The van der Waals surface area contributed by atoms with E-state index in [1.807, 2.05) is 18.3 Å². The van der Waals surface area contributed by atoms with Gasteiger partial charge in [0.15, 0.2) is 0 Å². The van der Waals surface area contributed by atoms with Gasteiger partial charge in [-0.1, -0.05) is 40.2 Å². The Bertz CT molecular complexity index is 1540. The molecule has 0 spiro atoms. The Labute approximate surface area is 203 Å². The predicted octanol–water partition coefficient (Wildman–Crippen LogP) is 5.39. The van der Waals surface area contributed by atoms with Crippen molar-refractivity contribution in [2.45, 2.75) is 26.1 Å². The van der Waals surface area contributed by atoms with Crippen molar-refractivity contribution in [2.75, 3.05) is 0 Å². The summed E-state index contributed by atoms with van der Waals surface area (Å²) in [5.41, 5.74) is 3.62. The molecule has 0 saturated carbocycles. The summed E-state index contributed by atoms with van der Waals surface area (Å²) in [7, 11) is 0. The molecule has 2 aromatic carbocycles. The molecule has 1 unspecified atom stereocenters. The molecule has 0 amide bonds. The molecule has 172 valence electrons. The van der Waals surface area contributed by atoms with Crippen molar-refractivity contribution in [3.63, 3.8) is 0 Å². The van der Waals surface area contributed by atoms with Crippen LogP contribution in [0.25, 0.3) is 21.8 Å². The van der Waals surface area contributed by atoms with Gasteiger partial charge in [0.2, 0.25) is 0 Å². The number of aromatic nitrogens is 3. The zero-order valence-corrected chi connectivity index (χ0v) is 20.0. The summed E-state index contributed by atoms with van der Waals surface area (Å²) in [6.07, 6.45) is 5.04. The SMILES string of the molecule is CC(NCc1cn(Cc2ccc(F)cc2)c2cnc3c(=O)n(O)ccc3c12)c1ccc(Br)cc1. The topological polar surface area (TPSA) is 72.1 Å². The maximum Gasteiger partial charge on any atom is 0.309 e. The Morgan fingerprint density at radius 1 is 1.12 bits per heavy atom. The molecule has 34 heavy (non-hydrogen) atoms. The number of benzene rings is 2. The van der Waals surface area contributed by atoms with Crippen LogP contribution < -0.4 is 10.9 Å². The minimum Gasteiger partial charge on any atom is -0.425 e. The van der Waals surface area contributed by atoms with Gasteiger partial charge in [-0.3, -0.25) is 4.79 Å². The molecule has 0 aliphatic rings. The second kappa shape index (κ2) is 9.04. The fraction of sp³-hybridized carbons (Fsp3) is 0.154. The first-order chi connectivity index (χ1) is 16.4. The first-order valence-electron chi connectivity index (χ1n) is 10.9. The quantitative estimate of drug-likeness (QED) is 0.294. The lowest BCUT2D eigenvalue weighted by molar-refractivity contribution is 0.176. The molecule has 5 aromatic rings. The van der Waals surface area contributed by atoms with Crippen LogP contribution in [-0.2, 0) is 13.1 Å². The number of rotatable bonds is 6. The van der Waals surface area contributed by atoms with Gasteiger partial charge in [-0.15, -0.1) is 0 Å². The van der Waals surface area contributed by atoms with Crippen molar-refractivity contribution >= 4 is 37.7 Å². The van der Waals surface area contributed by atoms with E-state index in [1.54, 1.807) is 24.4 Å². The smallest absolute Gasteiger partial charge is 0.309 e. The van der Waals surface area contributed by atoms with Gasteiger partial charge in [0.05, 0.1) is 11.7 Å². The zero-order valence-electron chi connectivity index (χ0n) is 18.4. The van der Waals surface area contributed by atoms with Gasteiger partial charge in [-0.25, -0.2) is 9.37 Å². The van der Waals surface area contributed by atoms with Crippen LogP contribution in [0.4, 0.5) is 4.39 Å². The number of nitrogens with zero attached hydrogens (tertiary/aromatic N) is 3. The molecular weight excluding hydrogens is 499 g/mol. The first-order valence-corrected chi connectivity index (χ1v) is 11.6. The summed E-state index contributed by atoms with van der Waals surface area (Å²) in [6.45, 7) is 3.19. The van der Waals surface area contributed by atoms with Crippen molar-refractivity contribution in [1.29, 1.82) is 0 Å². The van der Waals surface area contributed by atoms with E-state index in [4.69, 9.17) is 0 Å². The third-order valence-electron chi connectivity index (χ3n) is 6.07. The van der Waals surface area contributed by atoms with Crippen molar-refractivity contribution in [1.82, 2.24) is 19.6 Å². The maximum absolute atomic E-state index is 13.4. The molecule has 3 aromatic heterocycles. The lowest BCUT2D eigenvalue weighted by atomic mass is 10.1. The number of hydrogen-bond donors (Lipinski definition) is 2. The Balaban J connectivity index is 1.57. The van der Waals surface area contributed by atoms with Gasteiger partial charge in [-0.05, 0) is 53.9 Å². The van der Waals surface area contributed by atoms with Crippen molar-refractivity contribution < 1.29 is 9.60 Å². The summed E-state index contributed by atoms with van der Waals surface area (Å²) in [4.78, 5) is 16.8. The Hall–Kier alpha value is -3.49. The van der Waals surface area contributed by atoms with Crippen LogP contribution in [0.2, 0.25) is 0 Å². The Morgan fingerprint density at radius 3 is 2.59 bits per heavy atom. The molecule has 6 nitrogen and oxygen atoms in total. The van der Waals surface area contributed by atoms with E-state index >= 15 is 0 Å². The standard InChI is InChI=1S/C26H22BrFN4O2/c1-16(18-4-6-20(27)7-5-18)29-12-19-15-31(14-17-2-8-21(28)9-3-17)23-13-30-25-22(24(19)23)10-11-32(34)26(25)33/h2-11,13,15-16,29,34H,12,14H2,1H3. The number of halogens is 2. The average Bonchev–Trinajstić information content (AvgIpc) is 3.19. The highest BCUT2D eigenvalue weighted by Gasteiger charge is 2.16. The van der Waals surface area contributed by atoms with Gasteiger partial charge in [-0.2, -0.15) is 4.73 Å². The summed E-state index contributed by atoms with van der Waals surface area (Å²) >= 11 is 3.47. The lowest BCUT2D eigenvalue weighted by Crippen LogP contribution is -2.18. The van der Waals surface area contributed by atoms with Crippen LogP contribution in [0.1, 0.15) is 29.7 Å². The first kappa shape index (κ1) is 22.3. The van der Waals surface area contributed by atoms with E-state index in [0.717, 1.165) is 32.1 Å². The molecule has 0 bridgehead atoms. The van der Waals surface area contributed by atoms with Gasteiger partial charge < -0.3 is 15.1 Å². The Morgan fingerprint density at radius 2 is 1.85 bits per heavy atom. The van der Waals surface area contributed by atoms with Crippen LogP contribution in [-0.4, -0.2) is 19.5 Å². The van der Waals surface area contributed by atoms with E-state index in [0.29, 0.717) is 23.2 Å². The minimum absolute atomic E-state index is 0.103. The molecule has 0 aliphatic heterocycles. The van der Waals surface area contributed by atoms with Gasteiger partial charge in [0, 0.05) is 46.8 Å². The van der Waals surface area contributed by atoms with Crippen molar-refractivity contribution in [3.05, 3.63) is 111 Å². The van der Waals surface area contributed by atoms with Crippen LogP contribution in [0.15, 0.2) is 82.5 Å². The van der Waals surface area contributed by atoms with Crippen LogP contribution >= 0.6 is 15.9 Å². The molecule has 0 saturated heterocycles. The van der Waals surface area contributed by atoms with Gasteiger partial charge in [0.1, 0.15) is 11.3 Å². The van der Waals surface area contributed by atoms with Crippen molar-refractivity contribution in [3.8, 4) is 0 Å². The van der Waals surface area contributed by atoms with E-state index < -0.39 is 5.56 Å². The predicted molar refractivity (Wildman–Crippen MR) is 134 cm³/mol. The summed E-state index contributed by atoms with van der Waals surface area (Å²) < 4.78 is 17.0. The molecule has 0 fully saturated rings. The lowest BCUT2D eigenvalue weighted by Gasteiger charge is -2.14. The highest BCUT2D eigenvalue weighted by atomic mass is 79.9. The average molecular weight is 521 g/mol. The largest absolute Gasteiger partial charge is 0.425 e. The minimum atomic E-state index is -0.562.